The third-order valence-corrected chi connectivity index (χ3v) is 4.88. The van der Waals surface area contributed by atoms with E-state index in [0.29, 0.717) is 16.0 Å². The third-order valence-electron chi connectivity index (χ3n) is 3.82. The van der Waals surface area contributed by atoms with E-state index in [4.69, 9.17) is 0 Å². The number of fused-ring (bicyclic) bond motifs is 3. The van der Waals surface area contributed by atoms with Gasteiger partial charge in [-0.15, -0.1) is 11.3 Å². The van der Waals surface area contributed by atoms with E-state index in [-0.39, 0.29) is 24.1 Å². The zero-order valence-corrected chi connectivity index (χ0v) is 15.2. The molecule has 0 saturated carbocycles. The number of hydrogen-bond donors (Lipinski definition) is 1. The zero-order chi connectivity index (χ0) is 17.6. The standard InChI is InChI=1S/C17H20N4O2S/c1-8(2)18-12(22)7-21-11(5)20-14-13-9(3)6-10(4)19-16(13)24-15(14)17(21)23/h6,8H,7H2,1-5H3,(H,18,22). The number of nitrogens with zero attached hydrogens (tertiary/aromatic N) is 3. The highest BCUT2D eigenvalue weighted by Crippen LogP contribution is 2.32. The second-order valence-electron chi connectivity index (χ2n) is 6.31. The Balaban J connectivity index is 2.21. The molecule has 0 aliphatic rings. The van der Waals surface area contributed by atoms with Gasteiger partial charge in [0.2, 0.25) is 5.91 Å². The van der Waals surface area contributed by atoms with Gasteiger partial charge in [0.15, 0.2) is 0 Å². The Labute approximate surface area is 143 Å². The van der Waals surface area contributed by atoms with Crippen molar-refractivity contribution in [3.63, 3.8) is 0 Å². The molecule has 0 aliphatic heterocycles. The molecule has 3 aromatic rings. The zero-order valence-electron chi connectivity index (χ0n) is 14.4. The number of carbonyl (C=O) groups excluding carboxylic acids is 1. The van der Waals surface area contributed by atoms with Crippen LogP contribution in [0.1, 0.15) is 30.9 Å². The lowest BCUT2D eigenvalue weighted by molar-refractivity contribution is -0.122. The van der Waals surface area contributed by atoms with Crippen LogP contribution in [0.4, 0.5) is 0 Å². The summed E-state index contributed by atoms with van der Waals surface area (Å²) >= 11 is 1.34. The van der Waals surface area contributed by atoms with E-state index in [0.717, 1.165) is 21.5 Å². The Bertz CT molecular complexity index is 1020. The first kappa shape index (κ1) is 16.6. The number of amides is 1. The van der Waals surface area contributed by atoms with Crippen LogP contribution in [-0.4, -0.2) is 26.5 Å². The number of aryl methyl sites for hydroxylation is 3. The van der Waals surface area contributed by atoms with Gasteiger partial charge in [0, 0.05) is 17.1 Å². The summed E-state index contributed by atoms with van der Waals surface area (Å²) in [7, 11) is 0. The monoisotopic (exact) mass is 344 g/mol. The average molecular weight is 344 g/mol. The summed E-state index contributed by atoms with van der Waals surface area (Å²) in [6.07, 6.45) is 0. The van der Waals surface area contributed by atoms with Gasteiger partial charge in [0.1, 0.15) is 21.9 Å². The van der Waals surface area contributed by atoms with Gasteiger partial charge in [-0.05, 0) is 46.2 Å². The van der Waals surface area contributed by atoms with Crippen LogP contribution in [0.25, 0.3) is 20.4 Å². The van der Waals surface area contributed by atoms with Gasteiger partial charge in [-0.2, -0.15) is 0 Å². The fraction of sp³-hybridized carbons (Fsp3) is 0.412. The van der Waals surface area contributed by atoms with Crippen LogP contribution in [0, 0.1) is 20.8 Å². The van der Waals surface area contributed by atoms with E-state index in [1.54, 1.807) is 6.92 Å². The SMILES string of the molecule is Cc1cc(C)c2c(n1)sc1c(=O)n(CC(=O)NC(C)C)c(C)nc12. The Morgan fingerprint density at radius 1 is 1.29 bits per heavy atom. The van der Waals surface area contributed by atoms with Gasteiger partial charge in [0.25, 0.3) is 5.56 Å². The lowest BCUT2D eigenvalue weighted by atomic mass is 10.1. The third kappa shape index (κ3) is 2.80. The van der Waals surface area contributed by atoms with Crippen molar-refractivity contribution in [2.45, 2.75) is 47.2 Å². The summed E-state index contributed by atoms with van der Waals surface area (Å²) in [5, 5.41) is 3.73. The van der Waals surface area contributed by atoms with E-state index in [1.807, 2.05) is 33.8 Å². The van der Waals surface area contributed by atoms with Crippen molar-refractivity contribution in [3.05, 3.63) is 33.5 Å². The normalized spacial score (nSPS) is 11.6. The Morgan fingerprint density at radius 3 is 2.67 bits per heavy atom. The Hall–Kier alpha value is -2.28. The Morgan fingerprint density at radius 2 is 2.00 bits per heavy atom. The second kappa shape index (κ2) is 5.98. The van der Waals surface area contributed by atoms with Crippen molar-refractivity contribution in [1.82, 2.24) is 19.9 Å². The Kier molecular flexibility index (Phi) is 4.13. The van der Waals surface area contributed by atoms with Crippen molar-refractivity contribution < 1.29 is 4.79 Å². The highest BCUT2D eigenvalue weighted by atomic mass is 32.1. The maximum absolute atomic E-state index is 12.9. The van der Waals surface area contributed by atoms with Crippen LogP contribution in [-0.2, 0) is 11.3 Å². The van der Waals surface area contributed by atoms with E-state index < -0.39 is 0 Å². The molecule has 24 heavy (non-hydrogen) atoms. The van der Waals surface area contributed by atoms with Crippen molar-refractivity contribution in [3.8, 4) is 0 Å². The van der Waals surface area contributed by atoms with Gasteiger partial charge < -0.3 is 5.32 Å². The summed E-state index contributed by atoms with van der Waals surface area (Å²) in [5.74, 6) is 0.341. The molecule has 0 unspecified atom stereocenters. The molecule has 0 spiro atoms. The predicted molar refractivity (Wildman–Crippen MR) is 96.7 cm³/mol. The molecule has 3 rings (SSSR count). The molecule has 0 fully saturated rings. The maximum atomic E-state index is 12.9. The molecule has 126 valence electrons. The fourth-order valence-electron chi connectivity index (χ4n) is 2.86. The highest BCUT2D eigenvalue weighted by molar-refractivity contribution is 7.25. The molecular formula is C17H20N4O2S. The highest BCUT2D eigenvalue weighted by Gasteiger charge is 2.18. The van der Waals surface area contributed by atoms with Crippen LogP contribution in [0.3, 0.4) is 0 Å². The molecule has 7 heteroatoms. The summed E-state index contributed by atoms with van der Waals surface area (Å²) in [6, 6.07) is 2.02. The minimum Gasteiger partial charge on any atom is -0.352 e. The molecule has 0 aromatic carbocycles. The first-order chi connectivity index (χ1) is 11.3. The first-order valence-corrected chi connectivity index (χ1v) is 8.67. The number of nitrogens with one attached hydrogen (secondary N) is 1. The summed E-state index contributed by atoms with van der Waals surface area (Å²) in [5.41, 5.74) is 2.48. The second-order valence-corrected chi connectivity index (χ2v) is 7.31. The summed E-state index contributed by atoms with van der Waals surface area (Å²) < 4.78 is 1.98. The molecule has 0 bridgehead atoms. The van der Waals surface area contributed by atoms with Crippen LogP contribution in [0.15, 0.2) is 10.9 Å². The van der Waals surface area contributed by atoms with Crippen LogP contribution >= 0.6 is 11.3 Å². The summed E-state index contributed by atoms with van der Waals surface area (Å²) in [4.78, 5) is 34.8. The molecule has 3 heterocycles. The molecule has 1 amide bonds. The van der Waals surface area contributed by atoms with Crippen molar-refractivity contribution in [2.75, 3.05) is 0 Å². The van der Waals surface area contributed by atoms with Crippen molar-refractivity contribution >= 4 is 37.7 Å². The van der Waals surface area contributed by atoms with Gasteiger partial charge in [-0.1, -0.05) is 0 Å². The van der Waals surface area contributed by atoms with Crippen LogP contribution < -0.4 is 10.9 Å². The van der Waals surface area contributed by atoms with Crippen LogP contribution in [0.5, 0.6) is 0 Å². The molecule has 0 radical (unpaired) electrons. The first-order valence-electron chi connectivity index (χ1n) is 7.85. The minimum atomic E-state index is -0.192. The lowest BCUT2D eigenvalue weighted by Crippen LogP contribution is -2.37. The van der Waals surface area contributed by atoms with E-state index >= 15 is 0 Å². The molecule has 3 aromatic heterocycles. The van der Waals surface area contributed by atoms with Crippen LogP contribution in [0.2, 0.25) is 0 Å². The number of aromatic nitrogens is 3. The van der Waals surface area contributed by atoms with Crippen molar-refractivity contribution in [1.29, 1.82) is 0 Å². The molecule has 0 aliphatic carbocycles. The van der Waals surface area contributed by atoms with Gasteiger partial charge >= 0.3 is 0 Å². The van der Waals surface area contributed by atoms with E-state index in [9.17, 15) is 9.59 Å². The maximum Gasteiger partial charge on any atom is 0.272 e. The molecule has 0 saturated heterocycles. The van der Waals surface area contributed by atoms with Gasteiger partial charge in [0.05, 0.1) is 5.52 Å². The number of hydrogen-bond acceptors (Lipinski definition) is 5. The van der Waals surface area contributed by atoms with Gasteiger partial charge in [-0.25, -0.2) is 9.97 Å². The lowest BCUT2D eigenvalue weighted by Gasteiger charge is -2.11. The molecular weight excluding hydrogens is 324 g/mol. The van der Waals surface area contributed by atoms with Crippen molar-refractivity contribution in [2.24, 2.45) is 0 Å². The van der Waals surface area contributed by atoms with E-state index in [2.05, 4.69) is 15.3 Å². The topological polar surface area (TPSA) is 76.9 Å². The number of rotatable bonds is 3. The van der Waals surface area contributed by atoms with Gasteiger partial charge in [-0.3, -0.25) is 14.2 Å². The number of carbonyl (C=O) groups is 1. The fourth-order valence-corrected chi connectivity index (χ4v) is 4.05. The predicted octanol–water partition coefficient (Wildman–Crippen LogP) is 2.46. The molecule has 0 atom stereocenters. The number of pyridine rings is 1. The molecule has 6 nitrogen and oxygen atoms in total. The molecule has 1 N–H and O–H groups in total. The average Bonchev–Trinajstić information content (AvgIpc) is 2.81. The number of thiophene rings is 1. The quantitative estimate of drug-likeness (QED) is 0.792. The summed E-state index contributed by atoms with van der Waals surface area (Å²) in [6.45, 7) is 9.44. The van der Waals surface area contributed by atoms with E-state index in [1.165, 1.54) is 15.9 Å². The minimum absolute atomic E-state index is 0.0224. The largest absolute Gasteiger partial charge is 0.352 e. The smallest absolute Gasteiger partial charge is 0.272 e.